The van der Waals surface area contributed by atoms with E-state index in [0.717, 1.165) is 33.0 Å². The number of benzene rings is 2. The molecule has 0 aliphatic heterocycles. The number of pyridine rings is 1. The molecule has 0 saturated heterocycles. The van der Waals surface area contributed by atoms with Crippen molar-refractivity contribution >= 4 is 17.7 Å². The van der Waals surface area contributed by atoms with Gasteiger partial charge in [-0.3, -0.25) is 9.78 Å². The number of thioether (sulfide) groups is 1. The minimum absolute atomic E-state index is 0.0872. The van der Waals surface area contributed by atoms with Gasteiger partial charge >= 0.3 is 5.97 Å². The average Bonchev–Trinajstić information content (AvgIpc) is 2.68. The molecule has 0 fully saturated rings. The van der Waals surface area contributed by atoms with Crippen LogP contribution in [0.2, 0.25) is 0 Å². The fourth-order valence-electron chi connectivity index (χ4n) is 3.03. The molecule has 1 N–H and O–H groups in total. The molecule has 0 amide bonds. The van der Waals surface area contributed by atoms with E-state index < -0.39 is 5.97 Å². The maximum Gasteiger partial charge on any atom is 0.307 e. The van der Waals surface area contributed by atoms with E-state index in [1.165, 1.54) is 12.1 Å². The summed E-state index contributed by atoms with van der Waals surface area (Å²) in [7, 11) is 0. The van der Waals surface area contributed by atoms with Gasteiger partial charge in [0.25, 0.3) is 0 Å². The molecule has 1 aromatic heterocycles. The smallest absolute Gasteiger partial charge is 0.307 e. The Kier molecular flexibility index (Phi) is 5.91. The lowest BCUT2D eigenvalue weighted by Gasteiger charge is -2.15. The summed E-state index contributed by atoms with van der Waals surface area (Å²) in [5.41, 5.74) is 4.80. The minimum atomic E-state index is -0.895. The van der Waals surface area contributed by atoms with Crippen LogP contribution in [-0.2, 0) is 17.6 Å². The van der Waals surface area contributed by atoms with E-state index in [-0.39, 0.29) is 12.2 Å². The molecule has 0 aliphatic rings. The van der Waals surface area contributed by atoms with Crippen LogP contribution in [0.25, 0.3) is 22.4 Å². The summed E-state index contributed by atoms with van der Waals surface area (Å²) in [5.74, 6) is -1.21. The van der Waals surface area contributed by atoms with Crippen LogP contribution in [0, 0.1) is 5.82 Å². The van der Waals surface area contributed by atoms with E-state index in [4.69, 9.17) is 4.98 Å². The predicted molar refractivity (Wildman–Crippen MR) is 108 cm³/mol. The Hall–Kier alpha value is -2.66. The highest BCUT2D eigenvalue weighted by Crippen LogP contribution is 2.33. The molecule has 0 radical (unpaired) electrons. The van der Waals surface area contributed by atoms with Gasteiger partial charge in [-0.2, -0.15) is 0 Å². The van der Waals surface area contributed by atoms with Crippen molar-refractivity contribution in [2.45, 2.75) is 24.7 Å². The number of carboxylic acid groups (broad SMARTS) is 1. The van der Waals surface area contributed by atoms with Crippen molar-refractivity contribution in [2.75, 3.05) is 6.26 Å². The van der Waals surface area contributed by atoms with Crippen LogP contribution < -0.4 is 0 Å². The van der Waals surface area contributed by atoms with Gasteiger partial charge in [0.1, 0.15) is 5.82 Å². The Labute approximate surface area is 162 Å². The second-order valence-corrected chi connectivity index (χ2v) is 7.03. The lowest BCUT2D eigenvalue weighted by Crippen LogP contribution is -2.07. The average molecular weight is 381 g/mol. The third-order valence-corrected chi connectivity index (χ3v) is 5.13. The lowest BCUT2D eigenvalue weighted by molar-refractivity contribution is -0.136. The third-order valence-electron chi connectivity index (χ3n) is 4.39. The van der Waals surface area contributed by atoms with E-state index >= 15 is 0 Å². The van der Waals surface area contributed by atoms with Crippen LogP contribution >= 0.6 is 11.8 Å². The summed E-state index contributed by atoms with van der Waals surface area (Å²) in [6, 6.07) is 16.2. The molecule has 3 aromatic rings. The Morgan fingerprint density at radius 3 is 2.26 bits per heavy atom. The van der Waals surface area contributed by atoms with Gasteiger partial charge in [0.15, 0.2) is 0 Å². The second kappa shape index (κ2) is 8.35. The second-order valence-electron chi connectivity index (χ2n) is 6.15. The molecular formula is C22H20FNO2S. The monoisotopic (exact) mass is 381 g/mol. The van der Waals surface area contributed by atoms with Crippen molar-refractivity contribution in [3.8, 4) is 22.4 Å². The van der Waals surface area contributed by atoms with Crippen LogP contribution in [0.3, 0.4) is 0 Å². The molecule has 0 aliphatic carbocycles. The first-order chi connectivity index (χ1) is 13.0. The Morgan fingerprint density at radius 2 is 1.70 bits per heavy atom. The van der Waals surface area contributed by atoms with E-state index in [1.807, 2.05) is 43.5 Å². The highest BCUT2D eigenvalue weighted by Gasteiger charge is 2.16. The van der Waals surface area contributed by atoms with Gasteiger partial charge in [-0.1, -0.05) is 31.2 Å². The standard InChI is InChI=1S/C22H20FNO2S/c1-3-20-16(13-21(25)26)12-19(14-4-8-17(23)9-5-14)22(24-20)15-6-10-18(27-2)11-7-15/h4-12H,3,13H2,1-2H3,(H,25,26). The molecule has 0 unspecified atom stereocenters. The van der Waals surface area contributed by atoms with Gasteiger partial charge in [-0.05, 0) is 54.1 Å². The number of hydrogen-bond donors (Lipinski definition) is 1. The van der Waals surface area contributed by atoms with E-state index in [9.17, 15) is 14.3 Å². The van der Waals surface area contributed by atoms with Crippen molar-refractivity contribution in [3.63, 3.8) is 0 Å². The van der Waals surface area contributed by atoms with Gasteiger partial charge in [0.2, 0.25) is 0 Å². The van der Waals surface area contributed by atoms with Crippen LogP contribution in [0.5, 0.6) is 0 Å². The third kappa shape index (κ3) is 4.37. The van der Waals surface area contributed by atoms with Crippen molar-refractivity contribution in [2.24, 2.45) is 0 Å². The lowest BCUT2D eigenvalue weighted by atomic mass is 9.95. The summed E-state index contributed by atoms with van der Waals surface area (Å²) in [6.07, 6.45) is 2.57. The first-order valence-corrected chi connectivity index (χ1v) is 9.89. The Balaban J connectivity index is 2.21. The van der Waals surface area contributed by atoms with E-state index in [0.29, 0.717) is 12.0 Å². The topological polar surface area (TPSA) is 50.2 Å². The molecule has 0 spiro atoms. The van der Waals surface area contributed by atoms with E-state index in [2.05, 4.69) is 0 Å². The summed E-state index contributed by atoms with van der Waals surface area (Å²) in [4.78, 5) is 17.2. The number of aryl methyl sites for hydroxylation is 1. The van der Waals surface area contributed by atoms with Crippen LogP contribution in [0.1, 0.15) is 18.2 Å². The van der Waals surface area contributed by atoms with Gasteiger partial charge in [0, 0.05) is 21.7 Å². The molecule has 0 saturated carbocycles. The fraction of sp³-hybridized carbons (Fsp3) is 0.182. The normalized spacial score (nSPS) is 10.8. The highest BCUT2D eigenvalue weighted by molar-refractivity contribution is 7.98. The van der Waals surface area contributed by atoms with Crippen molar-refractivity contribution in [1.82, 2.24) is 4.98 Å². The molecule has 0 atom stereocenters. The number of aromatic nitrogens is 1. The van der Waals surface area contributed by atoms with Gasteiger partial charge in [0.05, 0.1) is 12.1 Å². The zero-order chi connectivity index (χ0) is 19.4. The zero-order valence-corrected chi connectivity index (χ0v) is 16.0. The number of aliphatic carboxylic acids is 1. The number of nitrogens with zero attached hydrogens (tertiary/aromatic N) is 1. The van der Waals surface area contributed by atoms with Crippen molar-refractivity contribution in [1.29, 1.82) is 0 Å². The summed E-state index contributed by atoms with van der Waals surface area (Å²) in [5, 5.41) is 9.25. The van der Waals surface area contributed by atoms with E-state index in [1.54, 1.807) is 23.9 Å². The summed E-state index contributed by atoms with van der Waals surface area (Å²) < 4.78 is 13.4. The number of rotatable bonds is 6. The van der Waals surface area contributed by atoms with Crippen LogP contribution in [0.4, 0.5) is 4.39 Å². The molecule has 3 rings (SSSR count). The molecule has 3 nitrogen and oxygen atoms in total. The highest BCUT2D eigenvalue weighted by atomic mass is 32.2. The molecule has 2 aromatic carbocycles. The van der Waals surface area contributed by atoms with Crippen LogP contribution in [-0.4, -0.2) is 22.3 Å². The number of carboxylic acids is 1. The van der Waals surface area contributed by atoms with Gasteiger partial charge in [-0.15, -0.1) is 11.8 Å². The largest absolute Gasteiger partial charge is 0.481 e. The van der Waals surface area contributed by atoms with Crippen molar-refractivity contribution in [3.05, 3.63) is 71.7 Å². The predicted octanol–water partition coefficient (Wildman–Crippen LogP) is 5.47. The quantitative estimate of drug-likeness (QED) is 0.576. The maximum atomic E-state index is 13.4. The Morgan fingerprint density at radius 1 is 1.07 bits per heavy atom. The van der Waals surface area contributed by atoms with Gasteiger partial charge in [-0.25, -0.2) is 4.39 Å². The fourth-order valence-corrected chi connectivity index (χ4v) is 3.44. The van der Waals surface area contributed by atoms with Crippen molar-refractivity contribution < 1.29 is 14.3 Å². The molecule has 5 heteroatoms. The molecular weight excluding hydrogens is 361 g/mol. The summed E-state index contributed by atoms with van der Waals surface area (Å²) >= 11 is 1.66. The number of carbonyl (C=O) groups is 1. The Bertz CT molecular complexity index is 953. The molecule has 0 bridgehead atoms. The summed E-state index contributed by atoms with van der Waals surface area (Å²) in [6.45, 7) is 1.96. The van der Waals surface area contributed by atoms with Crippen LogP contribution in [0.15, 0.2) is 59.5 Å². The molecule has 138 valence electrons. The van der Waals surface area contributed by atoms with Gasteiger partial charge < -0.3 is 5.11 Å². The number of hydrogen-bond acceptors (Lipinski definition) is 3. The first-order valence-electron chi connectivity index (χ1n) is 8.66. The zero-order valence-electron chi connectivity index (χ0n) is 15.2. The molecule has 1 heterocycles. The number of halogens is 1. The maximum absolute atomic E-state index is 13.4. The first kappa shape index (κ1) is 19.1. The minimum Gasteiger partial charge on any atom is -0.481 e. The SMILES string of the molecule is CCc1nc(-c2ccc(SC)cc2)c(-c2ccc(F)cc2)cc1CC(=O)O. The molecule has 27 heavy (non-hydrogen) atoms.